The van der Waals surface area contributed by atoms with Crippen LogP contribution in [-0.2, 0) is 13.6 Å². The summed E-state index contributed by atoms with van der Waals surface area (Å²) >= 11 is 0. The van der Waals surface area contributed by atoms with Gasteiger partial charge in [-0.1, -0.05) is 93.9 Å². The van der Waals surface area contributed by atoms with Gasteiger partial charge in [-0.2, -0.15) is 0 Å². The number of carbonyl (C=O) groups excluding carboxylic acids is 1. The van der Waals surface area contributed by atoms with Crippen LogP contribution in [0.25, 0.3) is 0 Å². The van der Waals surface area contributed by atoms with Crippen molar-refractivity contribution in [3.63, 3.8) is 0 Å². The van der Waals surface area contributed by atoms with Crippen molar-refractivity contribution in [3.8, 4) is 0 Å². The summed E-state index contributed by atoms with van der Waals surface area (Å²) < 4.78 is 14.3. The average molecular weight is 650 g/mol. The summed E-state index contributed by atoms with van der Waals surface area (Å²) in [6.45, 7) is 32.7. The molecule has 2 aliphatic rings. The van der Waals surface area contributed by atoms with Crippen molar-refractivity contribution in [2.24, 2.45) is 29.6 Å². The summed E-state index contributed by atoms with van der Waals surface area (Å²) in [5.41, 5.74) is 1.31. The number of hydrogen-bond acceptors (Lipinski definition) is 4. The highest BCUT2D eigenvalue weighted by Gasteiger charge is 2.45. The SMILES string of the molecule is CCCCN(C)C(=O)C[C@@H](C[C@@H](CC[C@@H]1[C@@H]2C(=C[C@H](C)[C@H](C)[C@@H]2O)C=C[C@@H]1C)O[Si](C)(C)C(C)(C)C)O[Si](C)(C)C(C)(C)C. The molecular formula is C37H71NO4Si2. The van der Waals surface area contributed by atoms with Gasteiger partial charge in [0.2, 0.25) is 5.91 Å². The molecule has 256 valence electrons. The molecule has 0 aromatic heterocycles. The van der Waals surface area contributed by atoms with Gasteiger partial charge in [0.15, 0.2) is 16.6 Å². The zero-order valence-electron chi connectivity index (χ0n) is 31.4. The maximum absolute atomic E-state index is 13.5. The van der Waals surface area contributed by atoms with Crippen molar-refractivity contribution in [2.45, 2.75) is 162 Å². The molecule has 2 aliphatic carbocycles. The third-order valence-electron chi connectivity index (χ3n) is 11.9. The van der Waals surface area contributed by atoms with Crippen LogP contribution in [0.4, 0.5) is 0 Å². The molecule has 8 atom stereocenters. The average Bonchev–Trinajstić information content (AvgIpc) is 2.88. The molecule has 0 aromatic carbocycles. The number of rotatable bonds is 14. The summed E-state index contributed by atoms with van der Waals surface area (Å²) in [5.74, 6) is 1.73. The smallest absolute Gasteiger partial charge is 0.224 e. The Morgan fingerprint density at radius 2 is 1.50 bits per heavy atom. The van der Waals surface area contributed by atoms with E-state index in [1.54, 1.807) is 0 Å². The van der Waals surface area contributed by atoms with Crippen LogP contribution in [0.2, 0.25) is 36.3 Å². The number of aliphatic hydroxyl groups is 1. The summed E-state index contributed by atoms with van der Waals surface area (Å²) in [6, 6.07) is 0. The van der Waals surface area contributed by atoms with Crippen LogP contribution in [0.15, 0.2) is 23.8 Å². The van der Waals surface area contributed by atoms with E-state index in [0.717, 1.165) is 38.6 Å². The van der Waals surface area contributed by atoms with Gasteiger partial charge in [0.25, 0.3) is 0 Å². The highest BCUT2D eigenvalue weighted by atomic mass is 28.4. The number of hydrogen-bond donors (Lipinski definition) is 1. The minimum Gasteiger partial charge on any atom is -0.414 e. The molecule has 44 heavy (non-hydrogen) atoms. The molecule has 0 aromatic rings. The van der Waals surface area contributed by atoms with Gasteiger partial charge in [-0.15, -0.1) is 0 Å². The Bertz CT molecular complexity index is 992. The molecule has 0 saturated heterocycles. The molecular weight excluding hydrogens is 579 g/mol. The summed E-state index contributed by atoms with van der Waals surface area (Å²) in [5, 5.41) is 11.6. The van der Waals surface area contributed by atoms with Gasteiger partial charge in [0, 0.05) is 25.6 Å². The van der Waals surface area contributed by atoms with Gasteiger partial charge in [-0.3, -0.25) is 4.79 Å². The maximum Gasteiger partial charge on any atom is 0.224 e. The Morgan fingerprint density at radius 1 is 0.955 bits per heavy atom. The van der Waals surface area contributed by atoms with Crippen LogP contribution in [0.5, 0.6) is 0 Å². The second-order valence-corrected chi connectivity index (χ2v) is 27.0. The molecule has 1 amide bonds. The molecule has 0 saturated carbocycles. The first kappa shape index (κ1) is 39.4. The van der Waals surface area contributed by atoms with Crippen LogP contribution in [0.1, 0.15) is 108 Å². The Hall–Kier alpha value is -0.736. The summed E-state index contributed by atoms with van der Waals surface area (Å²) in [4.78, 5) is 15.4. The number of fused-ring (bicyclic) bond motifs is 1. The van der Waals surface area contributed by atoms with Crippen LogP contribution < -0.4 is 0 Å². The first-order chi connectivity index (χ1) is 20.0. The van der Waals surface area contributed by atoms with Crippen LogP contribution >= 0.6 is 0 Å². The summed E-state index contributed by atoms with van der Waals surface area (Å²) in [6.07, 6.45) is 11.6. The zero-order chi connectivity index (χ0) is 33.8. The first-order valence-corrected chi connectivity index (χ1v) is 23.5. The van der Waals surface area contributed by atoms with Crippen LogP contribution in [-0.4, -0.2) is 64.5 Å². The molecule has 0 heterocycles. The second-order valence-electron chi connectivity index (χ2n) is 17.5. The van der Waals surface area contributed by atoms with E-state index in [1.807, 2.05) is 11.9 Å². The molecule has 0 aliphatic heterocycles. The largest absolute Gasteiger partial charge is 0.414 e. The molecule has 2 rings (SSSR count). The third kappa shape index (κ3) is 10.1. The highest BCUT2D eigenvalue weighted by Crippen LogP contribution is 2.46. The van der Waals surface area contributed by atoms with E-state index in [0.29, 0.717) is 24.2 Å². The Morgan fingerprint density at radius 3 is 2.02 bits per heavy atom. The molecule has 0 unspecified atom stereocenters. The number of allylic oxidation sites excluding steroid dienone is 3. The quantitative estimate of drug-likeness (QED) is 0.190. The Balaban J connectivity index is 2.41. The van der Waals surface area contributed by atoms with Crippen LogP contribution in [0, 0.1) is 29.6 Å². The fourth-order valence-electron chi connectivity index (χ4n) is 6.37. The number of aliphatic hydroxyl groups excluding tert-OH is 1. The number of nitrogens with zero attached hydrogens (tertiary/aromatic N) is 1. The minimum absolute atomic E-state index is 0.00187. The van der Waals surface area contributed by atoms with E-state index in [-0.39, 0.29) is 46.1 Å². The predicted octanol–water partition coefficient (Wildman–Crippen LogP) is 9.60. The molecule has 1 N–H and O–H groups in total. The number of unbranched alkanes of at least 4 members (excludes halogenated alkanes) is 1. The summed E-state index contributed by atoms with van der Waals surface area (Å²) in [7, 11) is -2.29. The lowest BCUT2D eigenvalue weighted by Crippen LogP contribution is -2.48. The van der Waals surface area contributed by atoms with Crippen molar-refractivity contribution in [2.75, 3.05) is 13.6 Å². The maximum atomic E-state index is 13.5. The lowest BCUT2D eigenvalue weighted by Gasteiger charge is -2.45. The van der Waals surface area contributed by atoms with E-state index in [4.69, 9.17) is 8.85 Å². The van der Waals surface area contributed by atoms with Gasteiger partial charge in [0.1, 0.15) is 0 Å². The molecule has 0 spiro atoms. The van der Waals surface area contributed by atoms with Crippen molar-refractivity contribution >= 4 is 22.5 Å². The van der Waals surface area contributed by atoms with E-state index >= 15 is 0 Å². The highest BCUT2D eigenvalue weighted by molar-refractivity contribution is 6.74. The number of carbonyl (C=O) groups is 1. The monoisotopic (exact) mass is 649 g/mol. The Labute approximate surface area is 274 Å². The van der Waals surface area contributed by atoms with E-state index < -0.39 is 16.6 Å². The lowest BCUT2D eigenvalue weighted by atomic mass is 9.62. The van der Waals surface area contributed by atoms with Gasteiger partial charge < -0.3 is 18.9 Å². The molecule has 7 heteroatoms. The number of amides is 1. The van der Waals surface area contributed by atoms with Crippen LogP contribution in [0.3, 0.4) is 0 Å². The topological polar surface area (TPSA) is 59.0 Å². The normalized spacial score (nSPS) is 27.9. The fourth-order valence-corrected chi connectivity index (χ4v) is 9.14. The third-order valence-corrected chi connectivity index (χ3v) is 20.9. The standard InChI is InChI=1S/C37H71NO4Si2/c1-16-17-22-38(11)33(39)25-31(42-44(14,15)37(8,9)10)24-30(41-43(12,13)36(5,6)7)20-21-32-26(2)18-19-29-23-27(3)28(4)35(40)34(29)32/h18-19,23,26-28,30-32,34-35,40H,16-17,20-22,24-25H2,1-15H3/t26-,27-,28-,30+,31+,32-,34-,35-/m0/s1. The first-order valence-electron chi connectivity index (χ1n) is 17.7. The van der Waals surface area contributed by atoms with Crippen molar-refractivity contribution in [1.29, 1.82) is 0 Å². The van der Waals surface area contributed by atoms with Crippen molar-refractivity contribution in [3.05, 3.63) is 23.8 Å². The van der Waals surface area contributed by atoms with Crippen molar-refractivity contribution < 1.29 is 18.8 Å². The molecule has 0 radical (unpaired) electrons. The van der Waals surface area contributed by atoms with Crippen molar-refractivity contribution in [1.82, 2.24) is 4.90 Å². The van der Waals surface area contributed by atoms with E-state index in [2.05, 4.69) is 114 Å². The minimum atomic E-state index is -2.13. The second kappa shape index (κ2) is 15.4. The Kier molecular flexibility index (Phi) is 13.8. The van der Waals surface area contributed by atoms with Gasteiger partial charge in [-0.05, 0) is 91.2 Å². The zero-order valence-corrected chi connectivity index (χ0v) is 33.4. The van der Waals surface area contributed by atoms with Gasteiger partial charge in [0.05, 0.1) is 18.6 Å². The lowest BCUT2D eigenvalue weighted by molar-refractivity contribution is -0.132. The van der Waals surface area contributed by atoms with Gasteiger partial charge >= 0.3 is 0 Å². The van der Waals surface area contributed by atoms with Gasteiger partial charge in [-0.25, -0.2) is 0 Å². The molecule has 5 nitrogen and oxygen atoms in total. The predicted molar refractivity (Wildman–Crippen MR) is 193 cm³/mol. The molecule has 0 fully saturated rings. The molecule has 0 bridgehead atoms. The van der Waals surface area contributed by atoms with E-state index in [9.17, 15) is 9.90 Å². The van der Waals surface area contributed by atoms with E-state index in [1.165, 1.54) is 5.57 Å². The fraction of sp³-hybridized carbons (Fsp3) is 0.865.